The van der Waals surface area contributed by atoms with Crippen LogP contribution in [0, 0.1) is 0 Å². The van der Waals surface area contributed by atoms with E-state index in [0.717, 1.165) is 15.8 Å². The molecule has 1 heterocycles. The quantitative estimate of drug-likeness (QED) is 0.880. The third kappa shape index (κ3) is 4.41. The zero-order chi connectivity index (χ0) is 13.7. The van der Waals surface area contributed by atoms with E-state index in [1.165, 1.54) is 16.9 Å². The van der Waals surface area contributed by atoms with Gasteiger partial charge in [-0.15, -0.1) is 11.3 Å². The van der Waals surface area contributed by atoms with E-state index in [2.05, 4.69) is 43.7 Å². The Labute approximate surface area is 124 Å². The number of anilines is 1. The molecule has 4 nitrogen and oxygen atoms in total. The number of nitrogens with one attached hydrogen (secondary N) is 2. The van der Waals surface area contributed by atoms with Gasteiger partial charge in [0, 0.05) is 22.0 Å². The van der Waals surface area contributed by atoms with Crippen LogP contribution in [0.3, 0.4) is 0 Å². The summed E-state index contributed by atoms with van der Waals surface area (Å²) in [6.07, 6.45) is 2.62. The number of aromatic nitrogens is 1. The second-order valence-electron chi connectivity index (χ2n) is 4.02. The lowest BCUT2D eigenvalue weighted by molar-refractivity contribution is -0.115. The zero-order valence-corrected chi connectivity index (χ0v) is 12.8. The Morgan fingerprint density at radius 3 is 3.05 bits per heavy atom. The molecule has 0 radical (unpaired) electrons. The molecule has 100 valence electrons. The van der Waals surface area contributed by atoms with Gasteiger partial charge in [0.15, 0.2) is 5.13 Å². The van der Waals surface area contributed by atoms with Crippen LogP contribution in [0.15, 0.2) is 34.9 Å². The Kier molecular flexibility index (Phi) is 5.07. The number of nitrogens with zero attached hydrogens (tertiary/aromatic N) is 1. The molecule has 0 bridgehead atoms. The van der Waals surface area contributed by atoms with Gasteiger partial charge in [-0.3, -0.25) is 4.79 Å². The fourth-order valence-electron chi connectivity index (χ4n) is 1.62. The van der Waals surface area contributed by atoms with Crippen molar-refractivity contribution in [3.05, 3.63) is 45.4 Å². The molecule has 0 saturated heterocycles. The second kappa shape index (κ2) is 6.79. The largest absolute Gasteiger partial charge is 0.311 e. The molecule has 0 fully saturated rings. The van der Waals surface area contributed by atoms with Gasteiger partial charge in [-0.2, -0.15) is 0 Å². The molecule has 19 heavy (non-hydrogen) atoms. The third-order valence-electron chi connectivity index (χ3n) is 2.40. The summed E-state index contributed by atoms with van der Waals surface area (Å²) in [5, 5.41) is 6.20. The first-order chi connectivity index (χ1) is 9.17. The lowest BCUT2D eigenvalue weighted by Gasteiger charge is -2.00. The van der Waals surface area contributed by atoms with Gasteiger partial charge in [0.05, 0.1) is 6.54 Å². The maximum Gasteiger partial charge on any atom is 0.240 e. The number of carbonyl (C=O) groups is 1. The molecule has 6 heteroatoms. The van der Waals surface area contributed by atoms with Crippen molar-refractivity contribution < 1.29 is 4.79 Å². The van der Waals surface area contributed by atoms with Crippen LogP contribution >= 0.6 is 27.3 Å². The van der Waals surface area contributed by atoms with Crippen molar-refractivity contribution in [1.29, 1.82) is 0 Å². The topological polar surface area (TPSA) is 54.0 Å². The highest BCUT2D eigenvalue weighted by Gasteiger charge is 2.06. The molecule has 1 aromatic carbocycles. The monoisotopic (exact) mass is 339 g/mol. The van der Waals surface area contributed by atoms with Crippen molar-refractivity contribution in [2.75, 3.05) is 18.9 Å². The molecular formula is C13H14BrN3OS. The summed E-state index contributed by atoms with van der Waals surface area (Å²) in [7, 11) is 1.74. The molecule has 1 amide bonds. The molecule has 2 N–H and O–H groups in total. The Hall–Kier alpha value is -1.24. The molecular weight excluding hydrogens is 326 g/mol. The molecule has 0 unspecified atom stereocenters. The van der Waals surface area contributed by atoms with Gasteiger partial charge in [0.1, 0.15) is 0 Å². The van der Waals surface area contributed by atoms with Gasteiger partial charge in [0.25, 0.3) is 0 Å². The summed E-state index contributed by atoms with van der Waals surface area (Å²) in [4.78, 5) is 16.7. The lowest BCUT2D eigenvalue weighted by atomic mass is 10.1. The minimum atomic E-state index is -0.0779. The highest BCUT2D eigenvalue weighted by atomic mass is 79.9. The van der Waals surface area contributed by atoms with E-state index in [-0.39, 0.29) is 5.91 Å². The average Bonchev–Trinajstić information content (AvgIpc) is 2.76. The van der Waals surface area contributed by atoms with Gasteiger partial charge < -0.3 is 10.6 Å². The Bertz CT molecular complexity index is 571. The van der Waals surface area contributed by atoms with Crippen molar-refractivity contribution in [2.24, 2.45) is 0 Å². The molecule has 2 rings (SSSR count). The highest BCUT2D eigenvalue weighted by molar-refractivity contribution is 9.10. The van der Waals surface area contributed by atoms with E-state index < -0.39 is 0 Å². The standard InChI is InChI=1S/C13H14BrN3OS/c1-15-8-12(18)17-13-16-7-11(19-13)6-9-3-2-4-10(14)5-9/h2-5,7,15H,6,8H2,1H3,(H,16,17,18). The SMILES string of the molecule is CNCC(=O)Nc1ncc(Cc2cccc(Br)c2)s1. The van der Waals surface area contributed by atoms with E-state index >= 15 is 0 Å². The smallest absolute Gasteiger partial charge is 0.240 e. The van der Waals surface area contributed by atoms with Gasteiger partial charge in [-0.25, -0.2) is 4.98 Å². The van der Waals surface area contributed by atoms with E-state index in [4.69, 9.17) is 0 Å². The lowest BCUT2D eigenvalue weighted by Crippen LogP contribution is -2.24. The maximum atomic E-state index is 11.4. The number of carbonyl (C=O) groups excluding carboxylic acids is 1. The van der Waals surface area contributed by atoms with Crippen LogP contribution in [0.2, 0.25) is 0 Å². The fourth-order valence-corrected chi connectivity index (χ4v) is 2.93. The summed E-state index contributed by atoms with van der Waals surface area (Å²) >= 11 is 4.96. The number of thiazole rings is 1. The van der Waals surface area contributed by atoms with Gasteiger partial charge in [0.2, 0.25) is 5.91 Å². The highest BCUT2D eigenvalue weighted by Crippen LogP contribution is 2.22. The van der Waals surface area contributed by atoms with E-state index in [0.29, 0.717) is 11.7 Å². The summed E-state index contributed by atoms with van der Waals surface area (Å²) in [6, 6.07) is 8.17. The van der Waals surface area contributed by atoms with Gasteiger partial charge in [-0.05, 0) is 24.7 Å². The molecule has 2 aromatic rings. The van der Waals surface area contributed by atoms with Crippen LogP contribution in [-0.2, 0) is 11.2 Å². The minimum Gasteiger partial charge on any atom is -0.311 e. The number of hydrogen-bond acceptors (Lipinski definition) is 4. The van der Waals surface area contributed by atoms with E-state index in [1.807, 2.05) is 12.1 Å². The predicted octanol–water partition coefficient (Wildman–Crippen LogP) is 2.65. The number of hydrogen-bond donors (Lipinski definition) is 2. The molecule has 0 atom stereocenters. The number of likely N-dealkylation sites (N-methyl/N-ethyl adjacent to an activating group) is 1. The number of halogens is 1. The van der Waals surface area contributed by atoms with Crippen molar-refractivity contribution >= 4 is 38.3 Å². The molecule has 0 aliphatic rings. The van der Waals surface area contributed by atoms with Crippen LogP contribution in [0.25, 0.3) is 0 Å². The summed E-state index contributed by atoms with van der Waals surface area (Å²) < 4.78 is 1.07. The van der Waals surface area contributed by atoms with Crippen LogP contribution in [0.5, 0.6) is 0 Å². The minimum absolute atomic E-state index is 0.0779. The Morgan fingerprint density at radius 1 is 1.47 bits per heavy atom. The van der Waals surface area contributed by atoms with Crippen molar-refractivity contribution in [1.82, 2.24) is 10.3 Å². The summed E-state index contributed by atoms with van der Waals surface area (Å²) in [6.45, 7) is 0.292. The molecule has 0 spiro atoms. The molecule has 1 aromatic heterocycles. The Morgan fingerprint density at radius 2 is 2.32 bits per heavy atom. The summed E-state index contributed by atoms with van der Waals surface area (Å²) in [5.41, 5.74) is 1.21. The van der Waals surface area contributed by atoms with E-state index in [1.54, 1.807) is 13.2 Å². The van der Waals surface area contributed by atoms with E-state index in [9.17, 15) is 4.79 Å². The van der Waals surface area contributed by atoms with Gasteiger partial charge in [-0.1, -0.05) is 28.1 Å². The second-order valence-corrected chi connectivity index (χ2v) is 6.05. The average molecular weight is 340 g/mol. The van der Waals surface area contributed by atoms with Crippen molar-refractivity contribution in [3.8, 4) is 0 Å². The summed E-state index contributed by atoms with van der Waals surface area (Å²) in [5.74, 6) is -0.0779. The maximum absolute atomic E-state index is 11.4. The first kappa shape index (κ1) is 14.2. The normalized spacial score (nSPS) is 10.4. The first-order valence-corrected chi connectivity index (χ1v) is 7.42. The van der Waals surface area contributed by atoms with Crippen LogP contribution < -0.4 is 10.6 Å². The van der Waals surface area contributed by atoms with Crippen molar-refractivity contribution in [2.45, 2.75) is 6.42 Å². The first-order valence-electron chi connectivity index (χ1n) is 5.81. The number of benzene rings is 1. The molecule has 0 aliphatic carbocycles. The molecule has 0 saturated carbocycles. The van der Waals surface area contributed by atoms with Crippen LogP contribution in [0.1, 0.15) is 10.4 Å². The third-order valence-corrected chi connectivity index (χ3v) is 3.81. The number of rotatable bonds is 5. The van der Waals surface area contributed by atoms with Gasteiger partial charge >= 0.3 is 0 Å². The Balaban J connectivity index is 1.99. The van der Waals surface area contributed by atoms with Crippen LogP contribution in [-0.4, -0.2) is 24.5 Å². The van der Waals surface area contributed by atoms with Crippen LogP contribution in [0.4, 0.5) is 5.13 Å². The molecule has 0 aliphatic heterocycles. The predicted molar refractivity (Wildman–Crippen MR) is 81.6 cm³/mol. The van der Waals surface area contributed by atoms with Crippen molar-refractivity contribution in [3.63, 3.8) is 0 Å². The number of amides is 1. The zero-order valence-electron chi connectivity index (χ0n) is 10.4. The fraction of sp³-hybridized carbons (Fsp3) is 0.231.